The van der Waals surface area contributed by atoms with Crippen LogP contribution in [0.4, 0.5) is 10.5 Å². The number of thioether (sulfide) groups is 1. The number of hydrogen-bond acceptors (Lipinski definition) is 5. The molecule has 1 aliphatic rings. The van der Waals surface area contributed by atoms with Gasteiger partial charge in [0.2, 0.25) is 11.7 Å². The van der Waals surface area contributed by atoms with Crippen LogP contribution in [0.3, 0.4) is 0 Å². The molecule has 1 N–H and O–H groups in total. The fraction of sp³-hybridized carbons (Fsp3) is 0.318. The zero-order valence-electron chi connectivity index (χ0n) is 16.6. The molecule has 1 saturated heterocycles. The third-order valence-electron chi connectivity index (χ3n) is 5.11. The molecule has 3 aromatic rings. The Kier molecular flexibility index (Phi) is 5.85. The topological polar surface area (TPSA) is 71.3 Å². The summed E-state index contributed by atoms with van der Waals surface area (Å²) in [5.74, 6) is 1.05. The number of nitrogens with zero attached hydrogens (tertiary/aromatic N) is 3. The average molecular weight is 409 g/mol. The van der Waals surface area contributed by atoms with Crippen LogP contribution in [0.25, 0.3) is 11.4 Å². The molecule has 6 nitrogen and oxygen atoms in total. The van der Waals surface area contributed by atoms with Crippen molar-refractivity contribution in [1.82, 2.24) is 15.0 Å². The summed E-state index contributed by atoms with van der Waals surface area (Å²) in [4.78, 5) is 20.5. The molecule has 1 aromatic heterocycles. The van der Waals surface area contributed by atoms with Gasteiger partial charge in [0.05, 0.1) is 0 Å². The Morgan fingerprint density at radius 1 is 1.21 bits per heavy atom. The molecule has 1 unspecified atom stereocenters. The van der Waals surface area contributed by atoms with E-state index in [1.807, 2.05) is 61.7 Å². The van der Waals surface area contributed by atoms with E-state index in [1.165, 1.54) is 0 Å². The molecule has 2 amide bonds. The number of likely N-dealkylation sites (tertiary alicyclic amines) is 1. The first-order valence-corrected chi connectivity index (χ1v) is 11.0. The lowest BCUT2D eigenvalue weighted by atomic mass is 10.0. The van der Waals surface area contributed by atoms with Crippen LogP contribution in [0.2, 0.25) is 0 Å². The minimum absolute atomic E-state index is 0.137. The van der Waals surface area contributed by atoms with E-state index in [9.17, 15) is 4.79 Å². The highest BCUT2D eigenvalue weighted by atomic mass is 32.2. The maximum Gasteiger partial charge on any atom is 0.322 e. The molecule has 0 bridgehead atoms. The van der Waals surface area contributed by atoms with Crippen LogP contribution < -0.4 is 5.32 Å². The van der Waals surface area contributed by atoms with Gasteiger partial charge in [-0.2, -0.15) is 4.98 Å². The summed E-state index contributed by atoms with van der Waals surface area (Å²) in [5, 5.41) is 7.15. The van der Waals surface area contributed by atoms with Crippen molar-refractivity contribution in [1.29, 1.82) is 0 Å². The first-order valence-electron chi connectivity index (χ1n) is 9.76. The molecule has 0 saturated carbocycles. The van der Waals surface area contributed by atoms with Gasteiger partial charge in [0, 0.05) is 22.7 Å². The second kappa shape index (κ2) is 8.69. The number of benzene rings is 2. The second-order valence-corrected chi connectivity index (χ2v) is 8.07. The van der Waals surface area contributed by atoms with E-state index in [0.717, 1.165) is 41.0 Å². The number of carbonyl (C=O) groups is 1. The fourth-order valence-electron chi connectivity index (χ4n) is 3.57. The van der Waals surface area contributed by atoms with Crippen molar-refractivity contribution in [3.63, 3.8) is 0 Å². The molecule has 150 valence electrons. The van der Waals surface area contributed by atoms with Gasteiger partial charge in [0.15, 0.2) is 0 Å². The number of amides is 2. The Bertz CT molecular complexity index is 986. The third kappa shape index (κ3) is 4.45. The highest BCUT2D eigenvalue weighted by molar-refractivity contribution is 7.98. The molecule has 1 aliphatic heterocycles. The largest absolute Gasteiger partial charge is 0.337 e. The summed E-state index contributed by atoms with van der Waals surface area (Å²) in [6.45, 7) is 2.70. The summed E-state index contributed by atoms with van der Waals surface area (Å²) in [6.07, 6.45) is 4.84. The molecule has 0 aliphatic carbocycles. The first kappa shape index (κ1) is 19.5. The molecular formula is C22H24N4O2S. The Hall–Kier alpha value is -2.80. The van der Waals surface area contributed by atoms with E-state index < -0.39 is 0 Å². The molecule has 0 radical (unpaired) electrons. The number of urea groups is 1. The number of hydrogen-bond donors (Lipinski definition) is 1. The number of nitrogens with one attached hydrogen (secondary N) is 1. The number of carbonyl (C=O) groups excluding carboxylic acids is 1. The zero-order valence-corrected chi connectivity index (χ0v) is 17.4. The van der Waals surface area contributed by atoms with Crippen molar-refractivity contribution in [3.8, 4) is 11.4 Å². The van der Waals surface area contributed by atoms with Crippen LogP contribution in [0, 0.1) is 6.92 Å². The zero-order chi connectivity index (χ0) is 20.2. The Morgan fingerprint density at radius 3 is 2.79 bits per heavy atom. The minimum atomic E-state index is -0.208. The third-order valence-corrected chi connectivity index (χ3v) is 5.85. The van der Waals surface area contributed by atoms with Gasteiger partial charge in [-0.15, -0.1) is 11.8 Å². The van der Waals surface area contributed by atoms with E-state index in [2.05, 4.69) is 15.5 Å². The standard InChI is InChI=1S/C22H24N4O2S/c1-15-6-5-7-16(14-15)20-24-21(28-25-20)19-8-3-4-13-26(19)22(27)23-17-9-11-18(29-2)12-10-17/h5-7,9-12,14,19H,3-4,8,13H2,1-2H3,(H,23,27). The lowest BCUT2D eigenvalue weighted by molar-refractivity contribution is 0.142. The van der Waals surface area contributed by atoms with E-state index in [-0.39, 0.29) is 12.1 Å². The highest BCUT2D eigenvalue weighted by Crippen LogP contribution is 2.32. The highest BCUT2D eigenvalue weighted by Gasteiger charge is 2.32. The van der Waals surface area contributed by atoms with Gasteiger partial charge >= 0.3 is 6.03 Å². The fourth-order valence-corrected chi connectivity index (χ4v) is 3.98. The quantitative estimate of drug-likeness (QED) is 0.575. The van der Waals surface area contributed by atoms with Crippen LogP contribution in [0.5, 0.6) is 0 Å². The van der Waals surface area contributed by atoms with Crippen molar-refractivity contribution in [3.05, 3.63) is 60.0 Å². The lowest BCUT2D eigenvalue weighted by Gasteiger charge is -2.33. The maximum atomic E-state index is 12.9. The van der Waals surface area contributed by atoms with E-state index in [4.69, 9.17) is 4.52 Å². The molecule has 4 rings (SSSR count). The van der Waals surface area contributed by atoms with Crippen molar-refractivity contribution in [2.45, 2.75) is 37.1 Å². The Morgan fingerprint density at radius 2 is 2.03 bits per heavy atom. The molecule has 29 heavy (non-hydrogen) atoms. The SMILES string of the molecule is CSc1ccc(NC(=O)N2CCCCC2c2nc(-c3cccc(C)c3)no2)cc1. The molecule has 2 aromatic carbocycles. The first-order chi connectivity index (χ1) is 14.1. The number of rotatable bonds is 4. The van der Waals surface area contributed by atoms with Crippen molar-refractivity contribution in [2.75, 3.05) is 18.1 Å². The number of anilines is 1. The summed E-state index contributed by atoms with van der Waals surface area (Å²) < 4.78 is 5.57. The van der Waals surface area contributed by atoms with Crippen molar-refractivity contribution >= 4 is 23.5 Å². The van der Waals surface area contributed by atoms with Gasteiger partial charge in [-0.25, -0.2) is 4.79 Å². The molecular weight excluding hydrogens is 384 g/mol. The molecule has 1 fully saturated rings. The van der Waals surface area contributed by atoms with Crippen LogP contribution >= 0.6 is 11.8 Å². The van der Waals surface area contributed by atoms with Gasteiger partial charge < -0.3 is 14.7 Å². The number of aromatic nitrogens is 2. The summed E-state index contributed by atoms with van der Waals surface area (Å²) in [5.41, 5.74) is 2.84. The monoisotopic (exact) mass is 408 g/mol. The predicted molar refractivity (Wildman–Crippen MR) is 115 cm³/mol. The maximum absolute atomic E-state index is 12.9. The van der Waals surface area contributed by atoms with Gasteiger partial charge in [0.1, 0.15) is 6.04 Å². The van der Waals surface area contributed by atoms with Gasteiger partial charge in [-0.3, -0.25) is 0 Å². The van der Waals surface area contributed by atoms with E-state index in [0.29, 0.717) is 18.3 Å². The van der Waals surface area contributed by atoms with Gasteiger partial charge in [-0.05, 0) is 62.8 Å². The number of aryl methyl sites for hydroxylation is 1. The molecule has 1 atom stereocenters. The van der Waals surface area contributed by atoms with Crippen LogP contribution in [0.1, 0.15) is 36.8 Å². The van der Waals surface area contributed by atoms with Crippen LogP contribution in [-0.2, 0) is 0 Å². The summed E-state index contributed by atoms with van der Waals surface area (Å²) in [7, 11) is 0. The summed E-state index contributed by atoms with van der Waals surface area (Å²) in [6, 6.07) is 15.5. The van der Waals surface area contributed by atoms with Crippen molar-refractivity contribution < 1.29 is 9.32 Å². The van der Waals surface area contributed by atoms with E-state index >= 15 is 0 Å². The molecule has 0 spiro atoms. The van der Waals surface area contributed by atoms with Crippen molar-refractivity contribution in [2.24, 2.45) is 0 Å². The Labute approximate surface area is 174 Å². The van der Waals surface area contributed by atoms with Gasteiger partial charge in [0.25, 0.3) is 0 Å². The van der Waals surface area contributed by atoms with Gasteiger partial charge in [-0.1, -0.05) is 28.9 Å². The Balaban J connectivity index is 1.52. The average Bonchev–Trinajstić information content (AvgIpc) is 3.24. The van der Waals surface area contributed by atoms with Crippen LogP contribution in [0.15, 0.2) is 57.9 Å². The predicted octanol–water partition coefficient (Wildman–Crippen LogP) is 5.53. The normalized spacial score (nSPS) is 16.6. The van der Waals surface area contributed by atoms with E-state index in [1.54, 1.807) is 16.7 Å². The smallest absolute Gasteiger partial charge is 0.322 e. The number of piperidine rings is 1. The summed E-state index contributed by atoms with van der Waals surface area (Å²) >= 11 is 1.67. The molecule has 7 heteroatoms. The second-order valence-electron chi connectivity index (χ2n) is 7.19. The minimum Gasteiger partial charge on any atom is -0.337 e. The molecule has 2 heterocycles. The lowest BCUT2D eigenvalue weighted by Crippen LogP contribution is -2.41. The van der Waals surface area contributed by atoms with Crippen LogP contribution in [-0.4, -0.2) is 33.9 Å².